The topological polar surface area (TPSA) is 84.2 Å². The minimum Gasteiger partial charge on any atom is -0.350 e. The van der Waals surface area contributed by atoms with Crippen molar-refractivity contribution in [1.82, 2.24) is 5.32 Å². The number of rotatable bonds is 5. The van der Waals surface area contributed by atoms with E-state index in [1.807, 2.05) is 24.3 Å². The first-order valence-corrected chi connectivity index (χ1v) is 7.54. The van der Waals surface area contributed by atoms with E-state index in [1.165, 1.54) is 0 Å². The fourth-order valence-corrected chi connectivity index (χ4v) is 2.49. The smallest absolute Gasteiger partial charge is 0.240 e. The van der Waals surface area contributed by atoms with Crippen LogP contribution in [0.2, 0.25) is 0 Å². The third-order valence-corrected chi connectivity index (χ3v) is 4.29. The van der Waals surface area contributed by atoms with Crippen LogP contribution in [0.5, 0.6) is 0 Å². The van der Waals surface area contributed by atoms with Gasteiger partial charge < -0.3 is 16.4 Å². The quantitative estimate of drug-likeness (QED) is 0.768. The molecule has 1 aromatic carbocycles. The van der Waals surface area contributed by atoms with E-state index in [4.69, 9.17) is 5.73 Å². The number of amides is 2. The van der Waals surface area contributed by atoms with Crippen molar-refractivity contribution in [1.29, 1.82) is 0 Å². The zero-order valence-electron chi connectivity index (χ0n) is 12.0. The van der Waals surface area contributed by atoms with Crippen molar-refractivity contribution in [2.45, 2.75) is 44.2 Å². The second-order valence-corrected chi connectivity index (χ2v) is 6.16. The molecule has 0 heterocycles. The van der Waals surface area contributed by atoms with Crippen LogP contribution in [0, 0.1) is 5.92 Å². The van der Waals surface area contributed by atoms with Crippen LogP contribution in [0.15, 0.2) is 24.3 Å². The van der Waals surface area contributed by atoms with E-state index >= 15 is 0 Å². The van der Waals surface area contributed by atoms with Gasteiger partial charge in [0, 0.05) is 18.2 Å². The molecule has 0 aliphatic heterocycles. The molecule has 0 aromatic heterocycles. The first kappa shape index (κ1) is 14.1. The number of nitrogens with one attached hydrogen (secondary N) is 2. The summed E-state index contributed by atoms with van der Waals surface area (Å²) in [6.07, 6.45) is 4.51. The first-order chi connectivity index (χ1) is 10.1. The number of carbonyl (C=O) groups excluding carboxylic acids is 2. The largest absolute Gasteiger partial charge is 0.350 e. The van der Waals surface area contributed by atoms with Crippen molar-refractivity contribution in [2.24, 2.45) is 11.7 Å². The molecule has 2 amide bonds. The molecule has 0 spiro atoms. The Kier molecular flexibility index (Phi) is 3.68. The summed E-state index contributed by atoms with van der Waals surface area (Å²) in [7, 11) is 0. The van der Waals surface area contributed by atoms with Crippen molar-refractivity contribution in [3.63, 3.8) is 0 Å². The Bertz CT molecular complexity index is 562. The van der Waals surface area contributed by atoms with Gasteiger partial charge in [-0.1, -0.05) is 12.1 Å². The van der Waals surface area contributed by atoms with Crippen LogP contribution in [0.4, 0.5) is 5.69 Å². The zero-order chi connectivity index (χ0) is 14.9. The van der Waals surface area contributed by atoms with Crippen LogP contribution in [0.1, 0.15) is 37.7 Å². The summed E-state index contributed by atoms with van der Waals surface area (Å²) >= 11 is 0. The molecule has 4 N–H and O–H groups in total. The van der Waals surface area contributed by atoms with Crippen LogP contribution in [0.25, 0.3) is 0 Å². The molecular formula is C16H21N3O2. The van der Waals surface area contributed by atoms with E-state index in [0.717, 1.165) is 43.4 Å². The lowest BCUT2D eigenvalue weighted by atomic mass is 9.77. The molecule has 2 aliphatic carbocycles. The highest BCUT2D eigenvalue weighted by molar-refractivity contribution is 5.94. The molecule has 0 unspecified atom stereocenters. The molecule has 0 saturated heterocycles. The summed E-state index contributed by atoms with van der Waals surface area (Å²) in [6.45, 7) is 0.435. The number of hydrogen-bond donors (Lipinski definition) is 3. The fraction of sp³-hybridized carbons (Fsp3) is 0.500. The van der Waals surface area contributed by atoms with Gasteiger partial charge in [-0.15, -0.1) is 0 Å². The highest BCUT2D eigenvalue weighted by Crippen LogP contribution is 2.30. The van der Waals surface area contributed by atoms with Crippen LogP contribution in [-0.2, 0) is 16.1 Å². The van der Waals surface area contributed by atoms with E-state index in [0.29, 0.717) is 6.54 Å². The summed E-state index contributed by atoms with van der Waals surface area (Å²) in [4.78, 5) is 23.7. The molecule has 112 valence electrons. The lowest BCUT2D eigenvalue weighted by molar-refractivity contribution is -0.129. The second kappa shape index (κ2) is 5.48. The summed E-state index contributed by atoms with van der Waals surface area (Å²) in [5.74, 6) is 0.191. The summed E-state index contributed by atoms with van der Waals surface area (Å²) < 4.78 is 0. The van der Waals surface area contributed by atoms with Gasteiger partial charge >= 0.3 is 0 Å². The number of carbonyl (C=O) groups is 2. The van der Waals surface area contributed by atoms with Crippen LogP contribution in [-0.4, -0.2) is 17.4 Å². The monoisotopic (exact) mass is 287 g/mol. The van der Waals surface area contributed by atoms with E-state index < -0.39 is 5.54 Å². The zero-order valence-corrected chi connectivity index (χ0v) is 12.0. The van der Waals surface area contributed by atoms with Gasteiger partial charge in [0.15, 0.2) is 0 Å². The van der Waals surface area contributed by atoms with Crippen LogP contribution in [0.3, 0.4) is 0 Å². The summed E-state index contributed by atoms with van der Waals surface area (Å²) in [6, 6.07) is 7.56. The predicted octanol–water partition coefficient (Wildman–Crippen LogP) is 1.53. The average molecular weight is 287 g/mol. The maximum absolute atomic E-state index is 12.0. The molecule has 0 radical (unpaired) electrons. The van der Waals surface area contributed by atoms with Crippen LogP contribution >= 0.6 is 0 Å². The average Bonchev–Trinajstić information content (AvgIpc) is 3.27. The molecule has 2 saturated carbocycles. The normalized spacial score (nSPS) is 19.5. The number of anilines is 1. The van der Waals surface area contributed by atoms with E-state index in [1.54, 1.807) is 0 Å². The van der Waals surface area contributed by atoms with Gasteiger partial charge in [-0.2, -0.15) is 0 Å². The van der Waals surface area contributed by atoms with Gasteiger partial charge in [0.1, 0.15) is 0 Å². The molecule has 1 aromatic rings. The highest BCUT2D eigenvalue weighted by atomic mass is 16.2. The number of benzene rings is 1. The minimum atomic E-state index is -0.669. The SMILES string of the molecule is NC1(C(=O)NCc2cccc(NC(=O)C3CC3)c2)CCC1. The number of hydrogen-bond acceptors (Lipinski definition) is 3. The Labute approximate surface area is 124 Å². The molecule has 21 heavy (non-hydrogen) atoms. The lowest BCUT2D eigenvalue weighted by Gasteiger charge is -2.36. The van der Waals surface area contributed by atoms with Gasteiger partial charge in [-0.25, -0.2) is 0 Å². The molecule has 5 nitrogen and oxygen atoms in total. The van der Waals surface area contributed by atoms with E-state index in [-0.39, 0.29) is 17.7 Å². The minimum absolute atomic E-state index is 0.0823. The van der Waals surface area contributed by atoms with Crippen molar-refractivity contribution in [3.05, 3.63) is 29.8 Å². The highest BCUT2D eigenvalue weighted by Gasteiger charge is 2.39. The maximum Gasteiger partial charge on any atom is 0.240 e. The number of nitrogens with two attached hydrogens (primary N) is 1. The Morgan fingerprint density at radius 1 is 1.29 bits per heavy atom. The van der Waals surface area contributed by atoms with Crippen LogP contribution < -0.4 is 16.4 Å². The van der Waals surface area contributed by atoms with E-state index in [2.05, 4.69) is 10.6 Å². The molecule has 5 heteroatoms. The first-order valence-electron chi connectivity index (χ1n) is 7.54. The lowest BCUT2D eigenvalue weighted by Crippen LogP contribution is -2.58. The third-order valence-electron chi connectivity index (χ3n) is 4.29. The van der Waals surface area contributed by atoms with Crippen molar-refractivity contribution < 1.29 is 9.59 Å². The van der Waals surface area contributed by atoms with Gasteiger partial charge in [-0.3, -0.25) is 9.59 Å². The molecule has 0 atom stereocenters. The Balaban J connectivity index is 1.55. The van der Waals surface area contributed by atoms with Crippen molar-refractivity contribution >= 4 is 17.5 Å². The second-order valence-electron chi connectivity index (χ2n) is 6.16. The Morgan fingerprint density at radius 3 is 2.67 bits per heavy atom. The van der Waals surface area contributed by atoms with E-state index in [9.17, 15) is 9.59 Å². The molecule has 3 rings (SSSR count). The predicted molar refractivity (Wildman–Crippen MR) is 80.4 cm³/mol. The molecule has 2 aliphatic rings. The fourth-order valence-electron chi connectivity index (χ4n) is 2.49. The standard InChI is InChI=1S/C16H21N3O2/c17-16(7-2-8-16)15(21)18-10-11-3-1-4-13(9-11)19-14(20)12-5-6-12/h1,3-4,9,12H,2,5-8,10,17H2,(H,18,21)(H,19,20). The van der Waals surface area contributed by atoms with Gasteiger partial charge in [0.2, 0.25) is 11.8 Å². The van der Waals surface area contributed by atoms with Gasteiger partial charge in [-0.05, 0) is 49.8 Å². The Morgan fingerprint density at radius 2 is 2.05 bits per heavy atom. The third kappa shape index (κ3) is 3.24. The van der Waals surface area contributed by atoms with Gasteiger partial charge in [0.05, 0.1) is 5.54 Å². The van der Waals surface area contributed by atoms with Crippen molar-refractivity contribution in [3.8, 4) is 0 Å². The Hall–Kier alpha value is -1.88. The molecular weight excluding hydrogens is 266 g/mol. The maximum atomic E-state index is 12.0. The molecule has 2 fully saturated rings. The summed E-state index contributed by atoms with van der Waals surface area (Å²) in [5, 5.41) is 5.79. The van der Waals surface area contributed by atoms with Gasteiger partial charge in [0.25, 0.3) is 0 Å². The summed E-state index contributed by atoms with van der Waals surface area (Å²) in [5.41, 5.74) is 7.05. The van der Waals surface area contributed by atoms with Crippen molar-refractivity contribution in [2.75, 3.05) is 5.32 Å². The molecule has 0 bridgehead atoms.